The van der Waals surface area contributed by atoms with E-state index in [1.165, 1.54) is 0 Å². The van der Waals surface area contributed by atoms with Gasteiger partial charge >= 0.3 is 0 Å². The molecule has 3 heterocycles. The molecule has 28 heavy (non-hydrogen) atoms. The van der Waals surface area contributed by atoms with Crippen LogP contribution in [0.2, 0.25) is 0 Å². The Labute approximate surface area is 163 Å². The number of nitrogens with zero attached hydrogens (tertiary/aromatic N) is 5. The Hall–Kier alpha value is -2.91. The van der Waals surface area contributed by atoms with Gasteiger partial charge in [0.2, 0.25) is 5.95 Å². The van der Waals surface area contributed by atoms with Crippen molar-refractivity contribution in [3.8, 4) is 0 Å². The predicted molar refractivity (Wildman–Crippen MR) is 108 cm³/mol. The van der Waals surface area contributed by atoms with E-state index in [0.29, 0.717) is 31.5 Å². The Bertz CT molecular complexity index is 935. The molecule has 1 aliphatic rings. The monoisotopic (exact) mass is 383 g/mol. The summed E-state index contributed by atoms with van der Waals surface area (Å²) < 4.78 is 7.59. The van der Waals surface area contributed by atoms with E-state index in [1.807, 2.05) is 42.5 Å². The Kier molecular flexibility index (Phi) is 5.27. The molecule has 1 unspecified atom stereocenters. The van der Waals surface area contributed by atoms with Crippen LogP contribution in [0.1, 0.15) is 18.0 Å². The smallest absolute Gasteiger partial charge is 0.229 e. The summed E-state index contributed by atoms with van der Waals surface area (Å²) in [5.74, 6) is 1.21. The third-order valence-corrected chi connectivity index (χ3v) is 4.93. The molecule has 1 aromatic carbocycles. The van der Waals surface area contributed by atoms with Gasteiger partial charge in [-0.05, 0) is 24.1 Å². The first-order valence-corrected chi connectivity index (χ1v) is 9.38. The van der Waals surface area contributed by atoms with E-state index in [4.69, 9.17) is 15.5 Å². The minimum absolute atomic E-state index is 0.0296. The van der Waals surface area contributed by atoms with Gasteiger partial charge in [0.25, 0.3) is 0 Å². The highest BCUT2D eigenvalue weighted by Gasteiger charge is 2.23. The molecule has 0 saturated carbocycles. The van der Waals surface area contributed by atoms with Crippen LogP contribution in [0.15, 0.2) is 30.6 Å². The third-order valence-electron chi connectivity index (χ3n) is 4.93. The van der Waals surface area contributed by atoms with E-state index in [9.17, 15) is 5.11 Å². The minimum atomic E-state index is 0.0296. The van der Waals surface area contributed by atoms with Crippen molar-refractivity contribution in [2.75, 3.05) is 49.4 Å². The molecular formula is C19H25N7O2. The predicted octanol–water partition coefficient (Wildman–Crippen LogP) is 1.41. The van der Waals surface area contributed by atoms with E-state index in [-0.39, 0.29) is 12.6 Å². The van der Waals surface area contributed by atoms with Crippen LogP contribution in [0.5, 0.6) is 0 Å². The van der Waals surface area contributed by atoms with E-state index < -0.39 is 0 Å². The first-order chi connectivity index (χ1) is 13.7. The third kappa shape index (κ3) is 3.71. The van der Waals surface area contributed by atoms with Crippen molar-refractivity contribution in [1.82, 2.24) is 19.5 Å². The normalized spacial score (nSPS) is 16.6. The van der Waals surface area contributed by atoms with Crippen LogP contribution < -0.4 is 16.0 Å². The van der Waals surface area contributed by atoms with Gasteiger partial charge in [0.1, 0.15) is 0 Å². The fourth-order valence-corrected chi connectivity index (χ4v) is 3.28. The number of ether oxygens (including phenoxy) is 1. The molecule has 9 heteroatoms. The fourth-order valence-electron chi connectivity index (χ4n) is 3.28. The number of imidazole rings is 1. The zero-order chi connectivity index (χ0) is 19.5. The number of anilines is 3. The Morgan fingerprint density at radius 2 is 2.14 bits per heavy atom. The lowest BCUT2D eigenvalue weighted by molar-refractivity contribution is 0.187. The van der Waals surface area contributed by atoms with Gasteiger partial charge in [0.15, 0.2) is 17.0 Å². The van der Waals surface area contributed by atoms with Crippen molar-refractivity contribution in [2.45, 2.75) is 19.0 Å². The number of hydrogen-bond donors (Lipinski definition) is 3. The van der Waals surface area contributed by atoms with Crippen LogP contribution >= 0.6 is 0 Å². The lowest BCUT2D eigenvalue weighted by Gasteiger charge is -2.18. The van der Waals surface area contributed by atoms with Crippen molar-refractivity contribution in [1.29, 1.82) is 0 Å². The van der Waals surface area contributed by atoms with E-state index >= 15 is 0 Å². The van der Waals surface area contributed by atoms with Crippen molar-refractivity contribution in [3.63, 3.8) is 0 Å². The minimum Gasteiger partial charge on any atom is -0.399 e. The second kappa shape index (κ2) is 7.99. The number of benzene rings is 1. The zero-order valence-corrected chi connectivity index (χ0v) is 15.9. The lowest BCUT2D eigenvalue weighted by Crippen LogP contribution is -2.24. The van der Waals surface area contributed by atoms with Crippen LogP contribution in [0.3, 0.4) is 0 Å². The first kappa shape index (κ1) is 18.5. The van der Waals surface area contributed by atoms with Crippen molar-refractivity contribution >= 4 is 28.6 Å². The molecule has 1 saturated heterocycles. The highest BCUT2D eigenvalue weighted by molar-refractivity contribution is 5.84. The van der Waals surface area contributed by atoms with Crippen LogP contribution in [-0.4, -0.2) is 58.0 Å². The quantitative estimate of drug-likeness (QED) is 0.525. The van der Waals surface area contributed by atoms with E-state index in [1.54, 1.807) is 0 Å². The Morgan fingerprint density at radius 1 is 1.32 bits per heavy atom. The van der Waals surface area contributed by atoms with Gasteiger partial charge in [-0.1, -0.05) is 12.1 Å². The molecule has 1 fully saturated rings. The van der Waals surface area contributed by atoms with E-state index in [0.717, 1.165) is 35.4 Å². The van der Waals surface area contributed by atoms with E-state index in [2.05, 4.69) is 19.9 Å². The molecule has 9 nitrogen and oxygen atoms in total. The van der Waals surface area contributed by atoms with Gasteiger partial charge < -0.3 is 30.4 Å². The number of aromatic nitrogens is 4. The second-order valence-electron chi connectivity index (χ2n) is 6.95. The average Bonchev–Trinajstić information content (AvgIpc) is 3.36. The Morgan fingerprint density at radius 3 is 2.86 bits per heavy atom. The SMILES string of the molecule is CN(CCO)c1nc(NCc2ccc(N)cc2)c2ncn(C3CCOC3)c2n1. The van der Waals surface area contributed by atoms with Gasteiger partial charge in [-0.3, -0.25) is 0 Å². The Balaban J connectivity index is 1.69. The number of nitrogen functional groups attached to an aromatic ring is 1. The maximum absolute atomic E-state index is 9.29. The number of nitrogens with one attached hydrogen (secondary N) is 1. The molecule has 1 atom stereocenters. The zero-order valence-electron chi connectivity index (χ0n) is 15.9. The standard InChI is InChI=1S/C19H25N7O2/c1-25(7-8-27)19-23-17(21-10-13-2-4-14(20)5-3-13)16-18(24-19)26(12-22-16)15-6-9-28-11-15/h2-5,12,15,27H,6-11,20H2,1H3,(H,21,23,24). The van der Waals surface area contributed by atoms with Crippen LogP contribution in [0.25, 0.3) is 11.2 Å². The van der Waals surface area contributed by atoms with Crippen molar-refractivity contribution < 1.29 is 9.84 Å². The molecule has 0 bridgehead atoms. The summed E-state index contributed by atoms with van der Waals surface area (Å²) in [7, 11) is 1.86. The summed E-state index contributed by atoms with van der Waals surface area (Å²) in [6.07, 6.45) is 2.74. The molecule has 0 aliphatic carbocycles. The fraction of sp³-hybridized carbons (Fsp3) is 0.421. The van der Waals surface area contributed by atoms with Gasteiger partial charge in [0, 0.05) is 32.4 Å². The lowest BCUT2D eigenvalue weighted by atomic mass is 10.2. The molecule has 0 amide bonds. The number of nitrogens with two attached hydrogens (primary N) is 1. The van der Waals surface area contributed by atoms with Crippen molar-refractivity contribution in [3.05, 3.63) is 36.2 Å². The molecule has 0 spiro atoms. The second-order valence-corrected chi connectivity index (χ2v) is 6.95. The number of hydrogen-bond acceptors (Lipinski definition) is 8. The number of aliphatic hydroxyl groups excluding tert-OH is 1. The van der Waals surface area contributed by atoms with Gasteiger partial charge in [-0.15, -0.1) is 0 Å². The molecule has 148 valence electrons. The molecule has 4 N–H and O–H groups in total. The molecule has 0 radical (unpaired) electrons. The molecular weight excluding hydrogens is 358 g/mol. The number of aliphatic hydroxyl groups is 1. The van der Waals surface area contributed by atoms with Crippen LogP contribution in [0.4, 0.5) is 17.5 Å². The topological polar surface area (TPSA) is 114 Å². The largest absolute Gasteiger partial charge is 0.399 e. The summed E-state index contributed by atoms with van der Waals surface area (Å²) in [5, 5.41) is 12.7. The van der Waals surface area contributed by atoms with Crippen LogP contribution in [-0.2, 0) is 11.3 Å². The molecule has 2 aromatic heterocycles. The molecule has 1 aliphatic heterocycles. The summed E-state index contributed by atoms with van der Waals surface area (Å²) >= 11 is 0. The van der Waals surface area contributed by atoms with Gasteiger partial charge in [-0.2, -0.15) is 9.97 Å². The maximum Gasteiger partial charge on any atom is 0.229 e. The number of likely N-dealkylation sites (N-methyl/N-ethyl adjacent to an activating group) is 1. The summed E-state index contributed by atoms with van der Waals surface area (Å²) in [6.45, 7) is 2.47. The molecule has 4 rings (SSSR count). The molecule has 3 aromatic rings. The summed E-state index contributed by atoms with van der Waals surface area (Å²) in [6, 6.07) is 7.94. The number of rotatable bonds is 7. The highest BCUT2D eigenvalue weighted by atomic mass is 16.5. The average molecular weight is 383 g/mol. The summed E-state index contributed by atoms with van der Waals surface area (Å²) in [4.78, 5) is 15.8. The number of fused-ring (bicyclic) bond motifs is 1. The van der Waals surface area contributed by atoms with Crippen molar-refractivity contribution in [2.24, 2.45) is 0 Å². The van der Waals surface area contributed by atoms with Gasteiger partial charge in [0.05, 0.1) is 25.6 Å². The maximum atomic E-state index is 9.29. The highest BCUT2D eigenvalue weighted by Crippen LogP contribution is 2.28. The van der Waals surface area contributed by atoms with Crippen LogP contribution in [0, 0.1) is 0 Å². The first-order valence-electron chi connectivity index (χ1n) is 9.38. The van der Waals surface area contributed by atoms with Gasteiger partial charge in [-0.25, -0.2) is 4.98 Å². The summed E-state index contributed by atoms with van der Waals surface area (Å²) in [5.41, 5.74) is 9.08.